The van der Waals surface area contributed by atoms with Gasteiger partial charge in [-0.2, -0.15) is 0 Å². The van der Waals surface area contributed by atoms with Crippen LogP contribution in [-0.4, -0.2) is 49.5 Å². The first-order chi connectivity index (χ1) is 14.8. The smallest absolute Gasteiger partial charge is 0.407 e. The van der Waals surface area contributed by atoms with E-state index in [4.69, 9.17) is 18.9 Å². The lowest BCUT2D eigenvalue weighted by Crippen LogP contribution is -2.55. The number of carbonyl (C=O) groups is 4. The van der Waals surface area contributed by atoms with E-state index < -0.39 is 54.1 Å². The van der Waals surface area contributed by atoms with E-state index in [0.29, 0.717) is 24.8 Å². The van der Waals surface area contributed by atoms with E-state index in [1.807, 2.05) is 24.3 Å². The molecule has 1 N–H and O–H groups in total. The Morgan fingerprint density at radius 3 is 2.45 bits per heavy atom. The molecule has 2 aliphatic rings. The van der Waals surface area contributed by atoms with Crippen LogP contribution in [0.2, 0.25) is 0 Å². The zero-order valence-corrected chi connectivity index (χ0v) is 19.4. The van der Waals surface area contributed by atoms with Crippen LogP contribution in [0.5, 0.6) is 0 Å². The van der Waals surface area contributed by atoms with E-state index in [-0.39, 0.29) is 6.61 Å². The van der Waals surface area contributed by atoms with Gasteiger partial charge in [0.2, 0.25) is 0 Å². The standard InChI is InChI=1S/C21H24INO8/c1-3-29-20(27)23-18(19(26)28-2)17(12-6-8-13(22)9-7-12)14-5-4-10-21(14)30-15(24)11-16(25)31-21/h6-9,14,17-18H,3-5,10-11H2,1-2H3,(H,23,27). The van der Waals surface area contributed by atoms with Gasteiger partial charge < -0.3 is 24.3 Å². The van der Waals surface area contributed by atoms with Crippen molar-refractivity contribution in [1.82, 2.24) is 5.32 Å². The Morgan fingerprint density at radius 1 is 1.23 bits per heavy atom. The van der Waals surface area contributed by atoms with Crippen molar-refractivity contribution in [2.24, 2.45) is 5.92 Å². The third-order valence-electron chi connectivity index (χ3n) is 5.52. The average Bonchev–Trinajstić information content (AvgIpc) is 3.09. The molecule has 10 heteroatoms. The number of halogens is 1. The van der Waals surface area contributed by atoms with E-state index in [1.54, 1.807) is 6.92 Å². The molecule has 0 radical (unpaired) electrons. The predicted molar refractivity (Wildman–Crippen MR) is 115 cm³/mol. The molecule has 1 heterocycles. The van der Waals surface area contributed by atoms with Gasteiger partial charge in [0, 0.05) is 21.8 Å². The summed E-state index contributed by atoms with van der Waals surface area (Å²) in [5.41, 5.74) is 0.705. The Balaban J connectivity index is 2.07. The van der Waals surface area contributed by atoms with Crippen LogP contribution in [0.15, 0.2) is 24.3 Å². The molecule has 1 saturated carbocycles. The first kappa shape index (κ1) is 23.3. The van der Waals surface area contributed by atoms with Crippen LogP contribution in [0.25, 0.3) is 0 Å². The molecule has 1 aromatic carbocycles. The van der Waals surface area contributed by atoms with Crippen LogP contribution in [0, 0.1) is 9.49 Å². The van der Waals surface area contributed by atoms with Crippen molar-refractivity contribution >= 4 is 46.6 Å². The van der Waals surface area contributed by atoms with Crippen LogP contribution >= 0.6 is 22.6 Å². The van der Waals surface area contributed by atoms with E-state index in [2.05, 4.69) is 27.9 Å². The monoisotopic (exact) mass is 545 g/mol. The summed E-state index contributed by atoms with van der Waals surface area (Å²) in [4.78, 5) is 49.2. The molecule has 3 rings (SSSR count). The quantitative estimate of drug-likeness (QED) is 0.251. The highest BCUT2D eigenvalue weighted by Crippen LogP contribution is 2.50. The van der Waals surface area contributed by atoms with Gasteiger partial charge in [0.25, 0.3) is 5.79 Å². The largest absolute Gasteiger partial charge is 0.467 e. The Labute approximate surface area is 193 Å². The molecule has 168 valence electrons. The lowest BCUT2D eigenvalue weighted by molar-refractivity contribution is -0.258. The predicted octanol–water partition coefficient (Wildman–Crippen LogP) is 2.65. The maximum Gasteiger partial charge on any atom is 0.407 e. The molecule has 1 amide bonds. The molecule has 1 spiro atoms. The zero-order chi connectivity index (χ0) is 22.6. The molecule has 2 fully saturated rings. The second-order valence-electron chi connectivity index (χ2n) is 7.38. The third-order valence-corrected chi connectivity index (χ3v) is 6.24. The van der Waals surface area contributed by atoms with Crippen molar-refractivity contribution in [2.75, 3.05) is 13.7 Å². The second-order valence-corrected chi connectivity index (χ2v) is 8.62. The van der Waals surface area contributed by atoms with Gasteiger partial charge in [-0.3, -0.25) is 9.59 Å². The van der Waals surface area contributed by atoms with Crippen molar-refractivity contribution in [2.45, 2.75) is 50.4 Å². The maximum absolute atomic E-state index is 12.8. The van der Waals surface area contributed by atoms with E-state index in [0.717, 1.165) is 3.57 Å². The minimum absolute atomic E-state index is 0.122. The van der Waals surface area contributed by atoms with Gasteiger partial charge in [-0.1, -0.05) is 12.1 Å². The maximum atomic E-state index is 12.8. The Morgan fingerprint density at radius 2 is 1.87 bits per heavy atom. The number of nitrogens with one attached hydrogen (secondary N) is 1. The average molecular weight is 545 g/mol. The number of rotatable bonds is 6. The van der Waals surface area contributed by atoms with Crippen LogP contribution in [-0.2, 0) is 33.3 Å². The summed E-state index contributed by atoms with van der Waals surface area (Å²) < 4.78 is 22.1. The molecule has 1 aliphatic heterocycles. The van der Waals surface area contributed by atoms with E-state index >= 15 is 0 Å². The number of methoxy groups -OCH3 is 1. The van der Waals surface area contributed by atoms with Gasteiger partial charge in [-0.25, -0.2) is 9.59 Å². The SMILES string of the molecule is CCOC(=O)NC(C(=O)OC)C(c1ccc(I)cc1)C1CCCC12OC(=O)CC(=O)O2. The third kappa shape index (κ3) is 5.10. The summed E-state index contributed by atoms with van der Waals surface area (Å²) in [6.45, 7) is 1.77. The van der Waals surface area contributed by atoms with Crippen LogP contribution in [0.1, 0.15) is 44.1 Å². The van der Waals surface area contributed by atoms with E-state index in [1.165, 1.54) is 7.11 Å². The summed E-state index contributed by atoms with van der Waals surface area (Å²) in [6, 6.07) is 6.23. The van der Waals surface area contributed by atoms with Crippen molar-refractivity contribution in [3.05, 3.63) is 33.4 Å². The van der Waals surface area contributed by atoms with Crippen LogP contribution in [0.3, 0.4) is 0 Å². The molecule has 0 aromatic heterocycles. The number of alkyl carbamates (subject to hydrolysis) is 1. The highest BCUT2D eigenvalue weighted by atomic mass is 127. The molecular weight excluding hydrogens is 521 g/mol. The molecular formula is C21H24INO8. The lowest BCUT2D eigenvalue weighted by atomic mass is 9.76. The van der Waals surface area contributed by atoms with Crippen LogP contribution in [0.4, 0.5) is 4.79 Å². The number of hydrogen-bond acceptors (Lipinski definition) is 8. The van der Waals surface area contributed by atoms with E-state index in [9.17, 15) is 19.2 Å². The fourth-order valence-electron chi connectivity index (χ4n) is 4.34. The molecule has 1 aliphatic carbocycles. The number of amides is 1. The lowest BCUT2D eigenvalue weighted by Gasteiger charge is -2.42. The first-order valence-corrected chi connectivity index (χ1v) is 11.1. The first-order valence-electron chi connectivity index (χ1n) is 10.00. The van der Waals surface area contributed by atoms with Gasteiger partial charge in [0.1, 0.15) is 12.5 Å². The Hall–Kier alpha value is -2.37. The van der Waals surface area contributed by atoms with Gasteiger partial charge >= 0.3 is 24.0 Å². The van der Waals surface area contributed by atoms with Crippen molar-refractivity contribution < 1.29 is 38.1 Å². The molecule has 3 atom stereocenters. The van der Waals surface area contributed by atoms with Gasteiger partial charge in [0.15, 0.2) is 0 Å². The number of carbonyl (C=O) groups excluding carboxylic acids is 4. The summed E-state index contributed by atoms with van der Waals surface area (Å²) >= 11 is 2.16. The summed E-state index contributed by atoms with van der Waals surface area (Å²) in [6.07, 6.45) is 0.195. The minimum Gasteiger partial charge on any atom is -0.467 e. The number of esters is 3. The summed E-state index contributed by atoms with van der Waals surface area (Å²) in [5, 5.41) is 2.58. The number of hydrogen-bond donors (Lipinski definition) is 1. The van der Waals surface area contributed by atoms with Gasteiger partial charge in [-0.05, 0) is 60.1 Å². The minimum atomic E-state index is -1.50. The topological polar surface area (TPSA) is 117 Å². The zero-order valence-electron chi connectivity index (χ0n) is 17.2. The number of ether oxygens (including phenoxy) is 4. The van der Waals surface area contributed by atoms with Crippen molar-refractivity contribution in [3.8, 4) is 0 Å². The summed E-state index contributed by atoms with van der Waals surface area (Å²) in [7, 11) is 1.22. The number of benzene rings is 1. The normalized spacial score (nSPS) is 21.6. The Kier molecular flexibility index (Phi) is 7.39. The molecule has 9 nitrogen and oxygen atoms in total. The van der Waals surface area contributed by atoms with Crippen molar-refractivity contribution in [3.63, 3.8) is 0 Å². The molecule has 1 saturated heterocycles. The Bertz CT molecular complexity index is 839. The van der Waals surface area contributed by atoms with Gasteiger partial charge in [0.05, 0.1) is 13.7 Å². The fourth-order valence-corrected chi connectivity index (χ4v) is 4.70. The van der Waals surface area contributed by atoms with Gasteiger partial charge in [-0.15, -0.1) is 0 Å². The van der Waals surface area contributed by atoms with Crippen molar-refractivity contribution in [1.29, 1.82) is 0 Å². The van der Waals surface area contributed by atoms with Crippen LogP contribution < -0.4 is 5.32 Å². The highest BCUT2D eigenvalue weighted by molar-refractivity contribution is 14.1. The fraction of sp³-hybridized carbons (Fsp3) is 0.524. The summed E-state index contributed by atoms with van der Waals surface area (Å²) in [5.74, 6) is -4.80. The molecule has 0 bridgehead atoms. The second kappa shape index (κ2) is 9.84. The highest BCUT2D eigenvalue weighted by Gasteiger charge is 2.58. The molecule has 3 unspecified atom stereocenters. The molecule has 31 heavy (non-hydrogen) atoms. The molecule has 1 aromatic rings.